The summed E-state index contributed by atoms with van der Waals surface area (Å²) in [6, 6.07) is 0. The fourth-order valence-electron chi connectivity index (χ4n) is 5.21. The molecule has 4 bridgehead atoms. The number of carbonyl (C=O) groups is 1. The number of carbonyl (C=O) groups excluding carboxylic acids is 1. The largest absolute Gasteiger partial charge is 0.360 e. The second-order valence-corrected chi connectivity index (χ2v) is 9.64. The maximum Gasteiger partial charge on any atom is 0.230 e. The maximum atomic E-state index is 12.4. The molecule has 0 aromatic carbocycles. The lowest BCUT2D eigenvalue weighted by Crippen LogP contribution is -2.60. The molecule has 126 valence electrons. The first-order valence-corrected chi connectivity index (χ1v) is 10.5. The Morgan fingerprint density at radius 2 is 1.87 bits per heavy atom. The van der Waals surface area contributed by atoms with E-state index in [9.17, 15) is 4.79 Å². The van der Waals surface area contributed by atoms with Crippen LogP contribution in [0.25, 0.3) is 0 Å². The Balaban J connectivity index is 1.31. The predicted molar refractivity (Wildman–Crippen MR) is 93.8 cm³/mol. The lowest BCUT2D eigenvalue weighted by molar-refractivity contribution is -0.124. The Morgan fingerprint density at radius 3 is 2.48 bits per heavy atom. The van der Waals surface area contributed by atoms with Crippen molar-refractivity contribution in [1.82, 2.24) is 15.5 Å². The van der Waals surface area contributed by atoms with Crippen LogP contribution in [0, 0.1) is 17.8 Å². The van der Waals surface area contributed by atoms with Crippen LogP contribution >= 0.6 is 23.1 Å². The van der Waals surface area contributed by atoms with Crippen LogP contribution in [0.15, 0.2) is 4.34 Å². The molecule has 4 aliphatic carbocycles. The summed E-state index contributed by atoms with van der Waals surface area (Å²) in [5, 5.41) is 15.6. The number of nitrogens with zero attached hydrogens (tertiary/aromatic N) is 2. The average molecular weight is 353 g/mol. The van der Waals surface area contributed by atoms with Crippen LogP contribution in [0.1, 0.15) is 45.4 Å². The Kier molecular flexibility index (Phi) is 4.26. The van der Waals surface area contributed by atoms with Crippen LogP contribution in [0.5, 0.6) is 0 Å². The minimum absolute atomic E-state index is 0.114. The average Bonchev–Trinajstić information content (AvgIpc) is 2.91. The quantitative estimate of drug-likeness (QED) is 0.770. The van der Waals surface area contributed by atoms with Gasteiger partial charge in [-0.25, -0.2) is 0 Å². The number of hydrogen-bond donors (Lipinski definition) is 2. The molecule has 0 aliphatic heterocycles. The van der Waals surface area contributed by atoms with Crippen molar-refractivity contribution in [2.45, 2.75) is 55.3 Å². The molecule has 4 saturated carbocycles. The molecule has 0 unspecified atom stereocenters. The third-order valence-electron chi connectivity index (χ3n) is 5.50. The van der Waals surface area contributed by atoms with Crippen LogP contribution in [-0.2, 0) is 4.79 Å². The maximum absolute atomic E-state index is 12.4. The smallest absolute Gasteiger partial charge is 0.230 e. The van der Waals surface area contributed by atoms with E-state index in [4.69, 9.17) is 0 Å². The van der Waals surface area contributed by atoms with Gasteiger partial charge in [0.2, 0.25) is 11.0 Å². The molecule has 5 rings (SSSR count). The molecule has 5 nitrogen and oxygen atoms in total. The van der Waals surface area contributed by atoms with E-state index < -0.39 is 0 Å². The van der Waals surface area contributed by atoms with Gasteiger partial charge in [0.05, 0.1) is 5.75 Å². The number of rotatable bonds is 6. The first kappa shape index (κ1) is 15.7. The molecule has 0 atom stereocenters. The molecular formula is C16H24N4OS2. The first-order valence-electron chi connectivity index (χ1n) is 8.65. The molecule has 1 aromatic rings. The second-order valence-electron chi connectivity index (χ2n) is 7.44. The fraction of sp³-hybridized carbons (Fsp3) is 0.812. The molecule has 1 aromatic heterocycles. The lowest BCUT2D eigenvalue weighted by atomic mass is 9.53. The number of thioether (sulfide) groups is 1. The highest BCUT2D eigenvalue weighted by atomic mass is 32.2. The van der Waals surface area contributed by atoms with Gasteiger partial charge < -0.3 is 10.6 Å². The standard InChI is InChI=1S/C16H24N4OS2/c1-2-17-14-19-20-15(23-14)22-9-13(21)18-16-6-10-3-11(7-16)5-12(4-10)8-16/h10-12H,2-9H2,1H3,(H,17,19)(H,18,21). The van der Waals surface area contributed by atoms with Crippen LogP contribution in [0.4, 0.5) is 5.13 Å². The molecule has 23 heavy (non-hydrogen) atoms. The minimum Gasteiger partial charge on any atom is -0.360 e. The molecule has 7 heteroatoms. The number of nitrogens with one attached hydrogen (secondary N) is 2. The van der Waals surface area contributed by atoms with Gasteiger partial charge >= 0.3 is 0 Å². The third kappa shape index (κ3) is 3.36. The Labute approximate surface area is 145 Å². The summed E-state index contributed by atoms with van der Waals surface area (Å²) < 4.78 is 0.863. The highest BCUT2D eigenvalue weighted by Crippen LogP contribution is 2.55. The van der Waals surface area contributed by atoms with Gasteiger partial charge in [0.1, 0.15) is 0 Å². The van der Waals surface area contributed by atoms with E-state index in [1.807, 2.05) is 6.92 Å². The molecule has 2 N–H and O–H groups in total. The van der Waals surface area contributed by atoms with Gasteiger partial charge in [-0.2, -0.15) is 0 Å². The summed E-state index contributed by atoms with van der Waals surface area (Å²) in [7, 11) is 0. The Morgan fingerprint density at radius 1 is 1.22 bits per heavy atom. The van der Waals surface area contributed by atoms with Crippen LogP contribution in [-0.4, -0.2) is 33.9 Å². The summed E-state index contributed by atoms with van der Waals surface area (Å²) in [6.45, 7) is 2.87. The number of hydrogen-bond acceptors (Lipinski definition) is 6. The summed E-state index contributed by atoms with van der Waals surface area (Å²) in [4.78, 5) is 12.4. The van der Waals surface area contributed by atoms with Crippen molar-refractivity contribution in [2.75, 3.05) is 17.6 Å². The monoisotopic (exact) mass is 352 g/mol. The Bertz CT molecular complexity index is 553. The van der Waals surface area contributed by atoms with E-state index in [1.165, 1.54) is 61.6 Å². The zero-order valence-corrected chi connectivity index (χ0v) is 15.1. The third-order valence-corrected chi connectivity index (χ3v) is 7.52. The van der Waals surface area contributed by atoms with Gasteiger partial charge in [0.15, 0.2) is 4.34 Å². The molecule has 1 amide bonds. The Hall–Kier alpha value is -0.820. The van der Waals surface area contributed by atoms with E-state index in [-0.39, 0.29) is 11.4 Å². The van der Waals surface area contributed by atoms with Crippen LogP contribution in [0.2, 0.25) is 0 Å². The predicted octanol–water partition coefficient (Wildman–Crippen LogP) is 3.15. The first-order chi connectivity index (χ1) is 11.1. The van der Waals surface area contributed by atoms with Gasteiger partial charge in [-0.3, -0.25) is 4.79 Å². The number of anilines is 1. The van der Waals surface area contributed by atoms with E-state index in [0.29, 0.717) is 5.75 Å². The molecule has 0 saturated heterocycles. The van der Waals surface area contributed by atoms with Gasteiger partial charge in [0, 0.05) is 12.1 Å². The topological polar surface area (TPSA) is 66.9 Å². The number of aromatic nitrogens is 2. The van der Waals surface area contributed by atoms with Gasteiger partial charge in [-0.05, 0) is 63.2 Å². The SMILES string of the molecule is CCNc1nnc(SCC(=O)NC23CC4CC(CC(C4)C2)C3)s1. The summed E-state index contributed by atoms with van der Waals surface area (Å²) in [5.74, 6) is 3.19. The summed E-state index contributed by atoms with van der Waals surface area (Å²) in [5.41, 5.74) is 0.114. The normalized spacial score (nSPS) is 34.6. The van der Waals surface area contributed by atoms with Crippen molar-refractivity contribution < 1.29 is 4.79 Å². The molecular weight excluding hydrogens is 328 g/mol. The molecule has 0 spiro atoms. The van der Waals surface area contributed by atoms with Crippen molar-refractivity contribution in [1.29, 1.82) is 0 Å². The van der Waals surface area contributed by atoms with E-state index in [0.717, 1.165) is 33.8 Å². The zero-order chi connectivity index (χ0) is 15.9. The molecule has 0 radical (unpaired) electrons. The summed E-state index contributed by atoms with van der Waals surface area (Å²) in [6.07, 6.45) is 7.84. The van der Waals surface area contributed by atoms with E-state index in [2.05, 4.69) is 20.8 Å². The van der Waals surface area contributed by atoms with Crippen molar-refractivity contribution >= 4 is 34.1 Å². The van der Waals surface area contributed by atoms with Crippen molar-refractivity contribution in [3.8, 4) is 0 Å². The van der Waals surface area contributed by atoms with Crippen LogP contribution in [0.3, 0.4) is 0 Å². The zero-order valence-electron chi connectivity index (χ0n) is 13.5. The minimum atomic E-state index is 0.114. The van der Waals surface area contributed by atoms with E-state index >= 15 is 0 Å². The van der Waals surface area contributed by atoms with Gasteiger partial charge in [-0.1, -0.05) is 23.1 Å². The van der Waals surface area contributed by atoms with Gasteiger partial charge in [0.25, 0.3) is 0 Å². The number of amides is 1. The van der Waals surface area contributed by atoms with Crippen molar-refractivity contribution in [2.24, 2.45) is 17.8 Å². The molecule has 4 aliphatic rings. The second kappa shape index (κ2) is 6.24. The fourth-order valence-corrected chi connectivity index (χ4v) is 6.83. The lowest BCUT2D eigenvalue weighted by Gasteiger charge is -2.56. The van der Waals surface area contributed by atoms with Crippen molar-refractivity contribution in [3.63, 3.8) is 0 Å². The summed E-state index contributed by atoms with van der Waals surface area (Å²) >= 11 is 3.02. The highest BCUT2D eigenvalue weighted by Gasteiger charge is 2.51. The van der Waals surface area contributed by atoms with Crippen LogP contribution < -0.4 is 10.6 Å². The molecule has 1 heterocycles. The molecule has 4 fully saturated rings. The van der Waals surface area contributed by atoms with E-state index in [1.54, 1.807) is 0 Å². The van der Waals surface area contributed by atoms with Crippen molar-refractivity contribution in [3.05, 3.63) is 0 Å². The van der Waals surface area contributed by atoms with Gasteiger partial charge in [-0.15, -0.1) is 10.2 Å². The highest BCUT2D eigenvalue weighted by molar-refractivity contribution is 8.01.